The molecule has 0 saturated carbocycles. The fourth-order valence-corrected chi connectivity index (χ4v) is 1.53. The van der Waals surface area contributed by atoms with E-state index in [0.29, 0.717) is 19.1 Å². The summed E-state index contributed by atoms with van der Waals surface area (Å²) in [6.45, 7) is 5.04. The van der Waals surface area contributed by atoms with E-state index in [9.17, 15) is 4.39 Å². The number of nitrogens with zero attached hydrogens (tertiary/aromatic N) is 4. The third-order valence-corrected chi connectivity index (χ3v) is 2.40. The molecule has 0 aliphatic heterocycles. The van der Waals surface area contributed by atoms with Gasteiger partial charge in [-0.2, -0.15) is 15.0 Å². The second-order valence-electron chi connectivity index (χ2n) is 4.00. The van der Waals surface area contributed by atoms with E-state index >= 15 is 0 Å². The van der Waals surface area contributed by atoms with Crippen LogP contribution >= 0.6 is 0 Å². The molecule has 0 aromatic carbocycles. The van der Waals surface area contributed by atoms with Gasteiger partial charge in [-0.25, -0.2) is 4.39 Å². The first-order chi connectivity index (χ1) is 9.74. The smallest absolute Gasteiger partial charge is 0.321 e. The Labute approximate surface area is 116 Å². The van der Waals surface area contributed by atoms with E-state index in [2.05, 4.69) is 25.3 Å². The highest BCUT2D eigenvalue weighted by Crippen LogP contribution is 2.20. The van der Waals surface area contributed by atoms with Crippen molar-refractivity contribution in [1.82, 2.24) is 19.9 Å². The van der Waals surface area contributed by atoms with E-state index in [1.807, 2.05) is 13.8 Å². The van der Waals surface area contributed by atoms with Crippen molar-refractivity contribution in [3.63, 3.8) is 0 Å². The molecule has 2 rings (SSSR count). The van der Waals surface area contributed by atoms with Gasteiger partial charge in [0.05, 0.1) is 18.4 Å². The van der Waals surface area contributed by atoms with Crippen molar-refractivity contribution in [3.05, 3.63) is 24.3 Å². The first kappa shape index (κ1) is 14.1. The molecule has 2 aromatic heterocycles. The van der Waals surface area contributed by atoms with Crippen LogP contribution in [0.1, 0.15) is 20.3 Å². The molecular weight excluding hydrogens is 261 g/mol. The van der Waals surface area contributed by atoms with Crippen LogP contribution in [0.15, 0.2) is 18.5 Å². The quantitative estimate of drug-likeness (QED) is 0.873. The maximum atomic E-state index is 13.8. The van der Waals surface area contributed by atoms with Gasteiger partial charge in [-0.15, -0.1) is 0 Å². The molecule has 0 saturated heterocycles. The number of aromatic nitrogens is 4. The Morgan fingerprint density at radius 1 is 1.25 bits per heavy atom. The minimum atomic E-state index is -0.484. The summed E-state index contributed by atoms with van der Waals surface area (Å²) in [5.41, 5.74) is 0.267. The van der Waals surface area contributed by atoms with Gasteiger partial charge in [-0.3, -0.25) is 4.98 Å². The largest absolute Gasteiger partial charge is 0.463 e. The van der Waals surface area contributed by atoms with Crippen molar-refractivity contribution in [2.24, 2.45) is 0 Å². The van der Waals surface area contributed by atoms with Crippen molar-refractivity contribution in [3.8, 4) is 17.4 Å². The van der Waals surface area contributed by atoms with Gasteiger partial charge in [0.15, 0.2) is 11.6 Å². The molecular formula is C13H16FN5O. The average molecular weight is 277 g/mol. The lowest BCUT2D eigenvalue weighted by atomic mass is 10.2. The van der Waals surface area contributed by atoms with Gasteiger partial charge in [0.1, 0.15) is 0 Å². The van der Waals surface area contributed by atoms with Crippen LogP contribution in [-0.2, 0) is 0 Å². The molecule has 2 heterocycles. The average Bonchev–Trinajstić information content (AvgIpc) is 2.46. The van der Waals surface area contributed by atoms with Crippen LogP contribution in [0.5, 0.6) is 6.01 Å². The summed E-state index contributed by atoms with van der Waals surface area (Å²) in [6.07, 6.45) is 3.45. The summed E-state index contributed by atoms with van der Waals surface area (Å²) in [7, 11) is 0. The van der Waals surface area contributed by atoms with Crippen molar-refractivity contribution in [2.75, 3.05) is 18.5 Å². The second-order valence-corrected chi connectivity index (χ2v) is 4.00. The molecule has 2 aromatic rings. The Bertz CT molecular complexity index is 578. The Kier molecular flexibility index (Phi) is 4.75. The maximum absolute atomic E-state index is 13.8. The Morgan fingerprint density at radius 2 is 2.10 bits per heavy atom. The Hall–Kier alpha value is -2.31. The zero-order chi connectivity index (χ0) is 14.4. The van der Waals surface area contributed by atoms with Gasteiger partial charge in [-0.05, 0) is 19.4 Å². The van der Waals surface area contributed by atoms with E-state index in [-0.39, 0.29) is 17.4 Å². The minimum absolute atomic E-state index is 0.184. The molecule has 0 bridgehead atoms. The molecule has 106 valence electrons. The molecule has 0 atom stereocenters. The number of rotatable bonds is 6. The molecule has 1 N–H and O–H groups in total. The number of hydrogen-bond donors (Lipinski definition) is 1. The van der Waals surface area contributed by atoms with Crippen LogP contribution in [0, 0.1) is 5.82 Å². The van der Waals surface area contributed by atoms with E-state index in [0.717, 1.165) is 12.6 Å². The number of pyridine rings is 1. The molecule has 0 unspecified atom stereocenters. The third kappa shape index (κ3) is 3.37. The number of hydrogen-bond acceptors (Lipinski definition) is 6. The molecule has 0 aliphatic carbocycles. The van der Waals surface area contributed by atoms with Gasteiger partial charge in [0.25, 0.3) is 0 Å². The zero-order valence-corrected chi connectivity index (χ0v) is 11.4. The van der Waals surface area contributed by atoms with Gasteiger partial charge in [-0.1, -0.05) is 6.92 Å². The van der Waals surface area contributed by atoms with E-state index in [1.54, 1.807) is 0 Å². The second kappa shape index (κ2) is 6.74. The summed E-state index contributed by atoms with van der Waals surface area (Å²) in [6, 6.07) is 1.70. The topological polar surface area (TPSA) is 72.8 Å². The van der Waals surface area contributed by atoms with Crippen LogP contribution in [0.3, 0.4) is 0 Å². The standard InChI is InChI=1S/C13H16FN5O/c1-3-7-20-13-18-11(17-12(19-13)16-4-2)9-5-6-15-8-10(9)14/h5-6,8H,3-4,7H2,1-2H3,(H,16,17,18,19). The number of anilines is 1. The number of nitrogens with one attached hydrogen (secondary N) is 1. The van der Waals surface area contributed by atoms with Crippen LogP contribution in [-0.4, -0.2) is 33.1 Å². The normalized spacial score (nSPS) is 10.3. The maximum Gasteiger partial charge on any atom is 0.321 e. The Morgan fingerprint density at radius 3 is 2.80 bits per heavy atom. The van der Waals surface area contributed by atoms with Crippen LogP contribution in [0.4, 0.5) is 10.3 Å². The number of ether oxygens (including phenoxy) is 1. The van der Waals surface area contributed by atoms with E-state index in [1.165, 1.54) is 12.3 Å². The lowest BCUT2D eigenvalue weighted by molar-refractivity contribution is 0.292. The first-order valence-electron chi connectivity index (χ1n) is 6.47. The fraction of sp³-hybridized carbons (Fsp3) is 0.385. The highest BCUT2D eigenvalue weighted by atomic mass is 19.1. The highest BCUT2D eigenvalue weighted by molar-refractivity contribution is 5.56. The van der Waals surface area contributed by atoms with Crippen molar-refractivity contribution in [2.45, 2.75) is 20.3 Å². The molecule has 0 amide bonds. The number of halogens is 1. The first-order valence-corrected chi connectivity index (χ1v) is 6.47. The molecule has 0 aliphatic rings. The summed E-state index contributed by atoms with van der Waals surface area (Å²) in [5, 5.41) is 2.97. The zero-order valence-electron chi connectivity index (χ0n) is 11.4. The molecule has 0 fully saturated rings. The fourth-order valence-electron chi connectivity index (χ4n) is 1.53. The van der Waals surface area contributed by atoms with Gasteiger partial charge in [0, 0.05) is 12.7 Å². The van der Waals surface area contributed by atoms with Crippen LogP contribution in [0.25, 0.3) is 11.4 Å². The summed E-state index contributed by atoms with van der Waals surface area (Å²) in [5.74, 6) is 0.101. The van der Waals surface area contributed by atoms with Crippen LogP contribution < -0.4 is 10.1 Å². The van der Waals surface area contributed by atoms with Crippen molar-refractivity contribution >= 4 is 5.95 Å². The monoisotopic (exact) mass is 277 g/mol. The molecule has 0 spiro atoms. The third-order valence-electron chi connectivity index (χ3n) is 2.40. The Balaban J connectivity index is 2.40. The SMILES string of the molecule is CCCOc1nc(NCC)nc(-c2ccncc2F)n1. The highest BCUT2D eigenvalue weighted by Gasteiger charge is 2.12. The van der Waals surface area contributed by atoms with Crippen molar-refractivity contribution < 1.29 is 9.13 Å². The minimum Gasteiger partial charge on any atom is -0.463 e. The summed E-state index contributed by atoms with van der Waals surface area (Å²) in [4.78, 5) is 16.1. The van der Waals surface area contributed by atoms with Gasteiger partial charge >= 0.3 is 6.01 Å². The van der Waals surface area contributed by atoms with Gasteiger partial charge in [0.2, 0.25) is 5.95 Å². The lowest BCUT2D eigenvalue weighted by Crippen LogP contribution is -2.08. The van der Waals surface area contributed by atoms with E-state index in [4.69, 9.17) is 4.74 Å². The molecule has 20 heavy (non-hydrogen) atoms. The summed E-state index contributed by atoms with van der Waals surface area (Å²) < 4.78 is 19.2. The molecule has 7 heteroatoms. The summed E-state index contributed by atoms with van der Waals surface area (Å²) >= 11 is 0. The molecule has 0 radical (unpaired) electrons. The van der Waals surface area contributed by atoms with Crippen molar-refractivity contribution in [1.29, 1.82) is 0 Å². The van der Waals surface area contributed by atoms with E-state index < -0.39 is 5.82 Å². The predicted octanol–water partition coefficient (Wildman–Crippen LogP) is 2.29. The molecule has 6 nitrogen and oxygen atoms in total. The van der Waals surface area contributed by atoms with Gasteiger partial charge < -0.3 is 10.1 Å². The lowest BCUT2D eigenvalue weighted by Gasteiger charge is -2.08. The van der Waals surface area contributed by atoms with Crippen LogP contribution in [0.2, 0.25) is 0 Å². The predicted molar refractivity (Wildman–Crippen MR) is 73.0 cm³/mol.